The van der Waals surface area contributed by atoms with E-state index >= 15 is 0 Å². The summed E-state index contributed by atoms with van der Waals surface area (Å²) in [6, 6.07) is 3.66. The Morgan fingerprint density at radius 1 is 1.38 bits per heavy atom. The van der Waals surface area contributed by atoms with E-state index in [9.17, 15) is 5.11 Å². The highest BCUT2D eigenvalue weighted by atomic mass is 79.9. The lowest BCUT2D eigenvalue weighted by atomic mass is 10.3. The molecule has 1 unspecified atom stereocenters. The van der Waals surface area contributed by atoms with E-state index in [0.717, 1.165) is 14.6 Å². The van der Waals surface area contributed by atoms with Gasteiger partial charge >= 0.3 is 0 Å². The second-order valence-corrected chi connectivity index (χ2v) is 4.89. The van der Waals surface area contributed by atoms with Gasteiger partial charge in [0, 0.05) is 17.1 Å². The minimum atomic E-state index is -0.776. The maximum atomic E-state index is 9.22. The third-order valence-electron chi connectivity index (χ3n) is 1.98. The Hall–Kier alpha value is -0.300. The Bertz CT molecular complexity index is 360. The monoisotopic (exact) mass is 353 g/mol. The summed E-state index contributed by atoms with van der Waals surface area (Å²) in [5.41, 5.74) is 0.799. The number of benzene rings is 1. The number of nitrogens with one attached hydrogen (secondary N) is 1. The molecule has 0 radical (unpaired) electrons. The number of ether oxygens (including phenoxy) is 1. The van der Waals surface area contributed by atoms with Crippen molar-refractivity contribution in [1.29, 1.82) is 0 Å². The standard InChI is InChI=1S/C10H13Br2NO3/c1-16-10-3-9(7(11)2-8(10)12)13-4-6(15)5-14/h2-3,6,13-15H,4-5H2,1H3. The molecule has 90 valence electrons. The Kier molecular flexibility index (Phi) is 5.54. The predicted molar refractivity (Wildman–Crippen MR) is 70.0 cm³/mol. The first-order chi connectivity index (χ1) is 7.58. The van der Waals surface area contributed by atoms with Crippen molar-refractivity contribution in [3.8, 4) is 5.75 Å². The van der Waals surface area contributed by atoms with Crippen molar-refractivity contribution in [2.24, 2.45) is 0 Å². The van der Waals surface area contributed by atoms with E-state index < -0.39 is 6.10 Å². The molecule has 16 heavy (non-hydrogen) atoms. The van der Waals surface area contributed by atoms with Crippen molar-refractivity contribution >= 4 is 37.5 Å². The van der Waals surface area contributed by atoms with Crippen molar-refractivity contribution in [2.75, 3.05) is 25.6 Å². The highest BCUT2D eigenvalue weighted by Crippen LogP contribution is 2.34. The molecule has 0 fully saturated rings. The van der Waals surface area contributed by atoms with Gasteiger partial charge in [-0.25, -0.2) is 0 Å². The number of aliphatic hydroxyl groups excluding tert-OH is 2. The Morgan fingerprint density at radius 2 is 2.06 bits per heavy atom. The number of aliphatic hydroxyl groups is 2. The Balaban J connectivity index is 2.79. The van der Waals surface area contributed by atoms with Crippen molar-refractivity contribution in [1.82, 2.24) is 0 Å². The molecule has 0 heterocycles. The maximum absolute atomic E-state index is 9.22. The van der Waals surface area contributed by atoms with Crippen LogP contribution in [-0.2, 0) is 0 Å². The molecular weight excluding hydrogens is 342 g/mol. The molecule has 0 bridgehead atoms. The van der Waals surface area contributed by atoms with Crippen LogP contribution in [0.4, 0.5) is 5.69 Å². The second kappa shape index (κ2) is 6.44. The highest BCUT2D eigenvalue weighted by Gasteiger charge is 2.08. The average molecular weight is 355 g/mol. The van der Waals surface area contributed by atoms with Gasteiger partial charge in [0.2, 0.25) is 0 Å². The zero-order valence-corrected chi connectivity index (χ0v) is 11.9. The zero-order chi connectivity index (χ0) is 12.1. The summed E-state index contributed by atoms with van der Waals surface area (Å²) in [6.07, 6.45) is -0.776. The predicted octanol–water partition coefficient (Wildman–Crippen LogP) is 1.99. The normalized spacial score (nSPS) is 12.3. The number of hydrogen-bond acceptors (Lipinski definition) is 4. The minimum absolute atomic E-state index is 0.266. The first-order valence-electron chi connectivity index (χ1n) is 4.64. The molecule has 0 aliphatic heterocycles. The molecule has 1 rings (SSSR count). The fourth-order valence-electron chi connectivity index (χ4n) is 1.11. The first kappa shape index (κ1) is 13.8. The van der Waals surface area contributed by atoms with E-state index in [1.54, 1.807) is 13.2 Å². The summed E-state index contributed by atoms with van der Waals surface area (Å²) in [4.78, 5) is 0. The first-order valence-corrected chi connectivity index (χ1v) is 6.23. The van der Waals surface area contributed by atoms with Crippen LogP contribution in [0, 0.1) is 0 Å². The van der Waals surface area contributed by atoms with E-state index in [-0.39, 0.29) is 13.2 Å². The van der Waals surface area contributed by atoms with Crippen molar-refractivity contribution in [3.05, 3.63) is 21.1 Å². The molecule has 1 aromatic rings. The summed E-state index contributed by atoms with van der Waals surface area (Å²) in [7, 11) is 1.58. The topological polar surface area (TPSA) is 61.7 Å². The van der Waals surface area contributed by atoms with Gasteiger partial charge in [0.05, 0.1) is 30.0 Å². The lowest BCUT2D eigenvalue weighted by Crippen LogP contribution is -2.23. The Labute approximate surface area is 111 Å². The van der Waals surface area contributed by atoms with Gasteiger partial charge in [0.1, 0.15) is 5.75 Å². The number of rotatable bonds is 5. The summed E-state index contributed by atoms with van der Waals surface area (Å²) in [5, 5.41) is 20.9. The quantitative estimate of drug-likeness (QED) is 0.756. The van der Waals surface area contributed by atoms with E-state index in [0.29, 0.717) is 5.75 Å². The molecule has 1 aromatic carbocycles. The minimum Gasteiger partial charge on any atom is -0.495 e. The number of hydrogen-bond donors (Lipinski definition) is 3. The molecule has 0 aliphatic rings. The van der Waals surface area contributed by atoms with E-state index in [4.69, 9.17) is 9.84 Å². The fraction of sp³-hybridized carbons (Fsp3) is 0.400. The van der Waals surface area contributed by atoms with E-state index in [1.807, 2.05) is 6.07 Å². The van der Waals surface area contributed by atoms with Crippen LogP contribution >= 0.6 is 31.9 Å². The zero-order valence-electron chi connectivity index (χ0n) is 8.70. The molecule has 6 heteroatoms. The molecule has 3 N–H and O–H groups in total. The molecule has 0 saturated carbocycles. The van der Waals surface area contributed by atoms with Crippen LogP contribution in [0.3, 0.4) is 0 Å². The summed E-state index contributed by atoms with van der Waals surface area (Å²) in [5.74, 6) is 0.698. The SMILES string of the molecule is COc1cc(NCC(O)CO)c(Br)cc1Br. The van der Waals surface area contributed by atoms with Gasteiger partial charge in [0.15, 0.2) is 0 Å². The van der Waals surface area contributed by atoms with Crippen LogP contribution in [0.1, 0.15) is 0 Å². The lowest BCUT2D eigenvalue weighted by molar-refractivity contribution is 0.105. The Morgan fingerprint density at radius 3 is 2.62 bits per heavy atom. The number of anilines is 1. The van der Waals surface area contributed by atoms with Gasteiger partial charge < -0.3 is 20.3 Å². The van der Waals surface area contributed by atoms with Crippen LogP contribution in [0.25, 0.3) is 0 Å². The van der Waals surface area contributed by atoms with Crippen LogP contribution in [0.15, 0.2) is 21.1 Å². The third-order valence-corrected chi connectivity index (χ3v) is 3.26. The molecule has 0 aromatic heterocycles. The summed E-state index contributed by atoms with van der Waals surface area (Å²) in [6.45, 7) is 0.0121. The number of halogens is 2. The van der Waals surface area contributed by atoms with Gasteiger partial charge in [0.25, 0.3) is 0 Å². The summed E-state index contributed by atoms with van der Waals surface area (Å²) < 4.78 is 6.85. The van der Waals surface area contributed by atoms with Crippen LogP contribution in [0.5, 0.6) is 5.75 Å². The molecule has 0 saturated heterocycles. The number of methoxy groups -OCH3 is 1. The molecular formula is C10H13Br2NO3. The van der Waals surface area contributed by atoms with Gasteiger partial charge in [-0.1, -0.05) is 0 Å². The second-order valence-electron chi connectivity index (χ2n) is 3.18. The van der Waals surface area contributed by atoms with E-state index in [2.05, 4.69) is 37.2 Å². The van der Waals surface area contributed by atoms with Crippen molar-refractivity contribution in [2.45, 2.75) is 6.10 Å². The van der Waals surface area contributed by atoms with Crippen LogP contribution in [-0.4, -0.2) is 36.6 Å². The molecule has 1 atom stereocenters. The van der Waals surface area contributed by atoms with Gasteiger partial charge in [-0.2, -0.15) is 0 Å². The highest BCUT2D eigenvalue weighted by molar-refractivity contribution is 9.11. The molecule has 4 nitrogen and oxygen atoms in total. The van der Waals surface area contributed by atoms with Crippen molar-refractivity contribution in [3.63, 3.8) is 0 Å². The average Bonchev–Trinajstić information content (AvgIpc) is 2.27. The smallest absolute Gasteiger partial charge is 0.135 e. The maximum Gasteiger partial charge on any atom is 0.135 e. The largest absolute Gasteiger partial charge is 0.495 e. The van der Waals surface area contributed by atoms with E-state index in [1.165, 1.54) is 0 Å². The van der Waals surface area contributed by atoms with Crippen LogP contribution < -0.4 is 10.1 Å². The van der Waals surface area contributed by atoms with Crippen molar-refractivity contribution < 1.29 is 14.9 Å². The van der Waals surface area contributed by atoms with Crippen LogP contribution in [0.2, 0.25) is 0 Å². The van der Waals surface area contributed by atoms with Gasteiger partial charge in [-0.15, -0.1) is 0 Å². The third kappa shape index (κ3) is 3.62. The molecule has 0 amide bonds. The fourth-order valence-corrected chi connectivity index (χ4v) is 2.41. The summed E-state index contributed by atoms with van der Waals surface area (Å²) >= 11 is 6.75. The molecule has 0 spiro atoms. The molecule has 0 aliphatic carbocycles. The van der Waals surface area contributed by atoms with Gasteiger partial charge in [-0.3, -0.25) is 0 Å². The lowest BCUT2D eigenvalue weighted by Gasteiger charge is -2.13. The van der Waals surface area contributed by atoms with Gasteiger partial charge in [-0.05, 0) is 37.9 Å².